The summed E-state index contributed by atoms with van der Waals surface area (Å²) >= 11 is 0. The van der Waals surface area contributed by atoms with Gasteiger partial charge in [0, 0.05) is 30.0 Å². The number of nitrogens with one attached hydrogen (secondary N) is 2. The molecule has 0 radical (unpaired) electrons. The predicted octanol–water partition coefficient (Wildman–Crippen LogP) is 3.30. The molecule has 1 aliphatic heterocycles. The molecule has 1 aromatic carbocycles. The van der Waals surface area contributed by atoms with Gasteiger partial charge in [-0.2, -0.15) is 17.6 Å². The molecule has 0 spiro atoms. The van der Waals surface area contributed by atoms with Gasteiger partial charge >= 0.3 is 6.18 Å². The minimum absolute atomic E-state index is 0.00863. The van der Waals surface area contributed by atoms with E-state index in [0.717, 1.165) is 25.1 Å². The number of anilines is 1. The Kier molecular flexibility index (Phi) is 9.80. The first kappa shape index (κ1) is 30.2. The topological polar surface area (TPSA) is 125 Å². The number of carbonyl (C=O) groups excluding carboxylic acids is 2. The van der Waals surface area contributed by atoms with Crippen molar-refractivity contribution in [2.24, 2.45) is 5.73 Å². The average Bonchev–Trinajstić information content (AvgIpc) is 3.25. The highest BCUT2D eigenvalue weighted by Crippen LogP contribution is 2.51. The van der Waals surface area contributed by atoms with Crippen LogP contribution in [0, 0.1) is 11.6 Å². The van der Waals surface area contributed by atoms with Crippen LogP contribution < -0.4 is 21.1 Å². The Bertz CT molecular complexity index is 1180. The standard InChI is InChI=1S/C25H29F5N4O5/c1-24(25(28,29)30)13-16(21(39-24)23(36)34-14-6-8-33-18(12-14)22(31)35)15-4-5-17(26)19(27)20(15)38-11-10-37-9-3-7-32-2/h4-6,8,12,16,21,32H,3,7,9-11,13H2,1-2H3,(H2,31,35)(H,33,34,36)/t16-,21+,24+/m0/s1. The lowest BCUT2D eigenvalue weighted by molar-refractivity contribution is -0.261. The van der Waals surface area contributed by atoms with E-state index in [1.54, 1.807) is 7.05 Å². The number of halogens is 5. The summed E-state index contributed by atoms with van der Waals surface area (Å²) in [4.78, 5) is 28.3. The van der Waals surface area contributed by atoms with Crippen molar-refractivity contribution in [3.05, 3.63) is 53.4 Å². The lowest BCUT2D eigenvalue weighted by Gasteiger charge is -2.27. The Balaban J connectivity index is 1.90. The molecule has 214 valence electrons. The summed E-state index contributed by atoms with van der Waals surface area (Å²) < 4.78 is 86.9. The molecule has 3 rings (SSSR count). The lowest BCUT2D eigenvalue weighted by atomic mass is 9.85. The molecule has 1 fully saturated rings. The summed E-state index contributed by atoms with van der Waals surface area (Å²) in [6.45, 7) is 1.63. The summed E-state index contributed by atoms with van der Waals surface area (Å²) in [6.07, 6.45) is -5.59. The quantitative estimate of drug-likeness (QED) is 0.269. The van der Waals surface area contributed by atoms with Gasteiger partial charge in [0.1, 0.15) is 18.4 Å². The van der Waals surface area contributed by atoms with E-state index in [1.165, 1.54) is 12.3 Å². The maximum absolute atomic E-state index is 14.8. The van der Waals surface area contributed by atoms with Crippen LogP contribution in [-0.4, -0.2) is 68.1 Å². The van der Waals surface area contributed by atoms with E-state index >= 15 is 0 Å². The first-order valence-corrected chi connectivity index (χ1v) is 12.0. The van der Waals surface area contributed by atoms with E-state index in [9.17, 15) is 31.5 Å². The zero-order chi connectivity index (χ0) is 28.8. The van der Waals surface area contributed by atoms with Gasteiger partial charge in [0.15, 0.2) is 17.2 Å². The van der Waals surface area contributed by atoms with E-state index in [1.807, 2.05) is 0 Å². The number of primary amides is 1. The molecule has 14 heteroatoms. The van der Waals surface area contributed by atoms with Crippen LogP contribution in [0.3, 0.4) is 0 Å². The fraction of sp³-hybridized carbons (Fsp3) is 0.480. The zero-order valence-corrected chi connectivity index (χ0v) is 21.2. The van der Waals surface area contributed by atoms with Crippen molar-refractivity contribution in [2.75, 3.05) is 38.7 Å². The largest absolute Gasteiger partial charge is 0.488 e. The van der Waals surface area contributed by atoms with Crippen LogP contribution in [0.2, 0.25) is 0 Å². The molecular formula is C25H29F5N4O5. The summed E-state index contributed by atoms with van der Waals surface area (Å²) in [7, 11) is 1.77. The number of alkyl halides is 3. The third-order valence-electron chi connectivity index (χ3n) is 6.17. The Hall–Kier alpha value is -3.36. The summed E-state index contributed by atoms with van der Waals surface area (Å²) in [6, 6.07) is 4.23. The van der Waals surface area contributed by atoms with Gasteiger partial charge in [0.25, 0.3) is 11.8 Å². The third-order valence-corrected chi connectivity index (χ3v) is 6.17. The molecule has 9 nitrogen and oxygen atoms in total. The van der Waals surface area contributed by atoms with Crippen LogP contribution >= 0.6 is 0 Å². The van der Waals surface area contributed by atoms with Crippen LogP contribution in [0.15, 0.2) is 30.5 Å². The fourth-order valence-corrected chi connectivity index (χ4v) is 4.13. The number of ether oxygens (including phenoxy) is 3. The molecule has 4 N–H and O–H groups in total. The molecule has 1 saturated heterocycles. The normalized spacial score (nSPS) is 21.1. The fourth-order valence-electron chi connectivity index (χ4n) is 4.13. The molecule has 2 aromatic rings. The summed E-state index contributed by atoms with van der Waals surface area (Å²) in [5.41, 5.74) is 2.05. The van der Waals surface area contributed by atoms with Crippen molar-refractivity contribution in [1.29, 1.82) is 0 Å². The molecule has 0 aliphatic carbocycles. The van der Waals surface area contributed by atoms with Gasteiger partial charge in [-0.05, 0) is 51.6 Å². The number of benzene rings is 1. The summed E-state index contributed by atoms with van der Waals surface area (Å²) in [5, 5.41) is 5.32. The lowest BCUT2D eigenvalue weighted by Crippen LogP contribution is -2.43. The van der Waals surface area contributed by atoms with E-state index < -0.39 is 59.4 Å². The zero-order valence-electron chi connectivity index (χ0n) is 21.2. The van der Waals surface area contributed by atoms with Crippen molar-refractivity contribution in [2.45, 2.75) is 43.6 Å². The maximum atomic E-state index is 14.8. The Morgan fingerprint density at radius 3 is 2.62 bits per heavy atom. The van der Waals surface area contributed by atoms with Crippen molar-refractivity contribution in [1.82, 2.24) is 10.3 Å². The molecule has 1 aromatic heterocycles. The van der Waals surface area contributed by atoms with E-state index in [4.69, 9.17) is 19.9 Å². The van der Waals surface area contributed by atoms with Gasteiger partial charge in [0.2, 0.25) is 5.82 Å². The smallest absolute Gasteiger partial charge is 0.417 e. The summed E-state index contributed by atoms with van der Waals surface area (Å²) in [5.74, 6) is -6.61. The third kappa shape index (κ3) is 7.19. The highest BCUT2D eigenvalue weighted by atomic mass is 19.4. The molecule has 3 atom stereocenters. The van der Waals surface area contributed by atoms with Crippen LogP contribution in [-0.2, 0) is 14.3 Å². The van der Waals surface area contributed by atoms with Crippen LogP contribution in [0.5, 0.6) is 5.75 Å². The average molecular weight is 561 g/mol. The highest BCUT2D eigenvalue weighted by molar-refractivity contribution is 5.97. The van der Waals surface area contributed by atoms with Gasteiger partial charge in [0.05, 0.1) is 6.61 Å². The molecule has 1 aliphatic rings. The van der Waals surface area contributed by atoms with Gasteiger partial charge in [-0.3, -0.25) is 14.6 Å². The van der Waals surface area contributed by atoms with Crippen molar-refractivity contribution in [3.8, 4) is 5.75 Å². The highest BCUT2D eigenvalue weighted by Gasteiger charge is 2.61. The number of pyridine rings is 1. The van der Waals surface area contributed by atoms with E-state index in [-0.39, 0.29) is 30.2 Å². The van der Waals surface area contributed by atoms with Gasteiger partial charge < -0.3 is 30.6 Å². The van der Waals surface area contributed by atoms with Crippen molar-refractivity contribution in [3.63, 3.8) is 0 Å². The molecule has 0 bridgehead atoms. The van der Waals surface area contributed by atoms with Gasteiger partial charge in [-0.1, -0.05) is 6.07 Å². The predicted molar refractivity (Wildman–Crippen MR) is 129 cm³/mol. The number of nitrogens with two attached hydrogens (primary N) is 1. The number of aromatic nitrogens is 1. The second kappa shape index (κ2) is 12.7. The van der Waals surface area contributed by atoms with Gasteiger partial charge in [-0.15, -0.1) is 0 Å². The number of nitrogens with zero attached hydrogens (tertiary/aromatic N) is 1. The van der Waals surface area contributed by atoms with E-state index in [0.29, 0.717) is 19.6 Å². The van der Waals surface area contributed by atoms with Crippen molar-refractivity contribution >= 4 is 17.5 Å². The molecule has 2 amide bonds. The van der Waals surface area contributed by atoms with Crippen molar-refractivity contribution < 1.29 is 45.8 Å². The number of carbonyl (C=O) groups is 2. The Labute approximate surface area is 221 Å². The molecule has 39 heavy (non-hydrogen) atoms. The molecular weight excluding hydrogens is 531 g/mol. The second-order valence-corrected chi connectivity index (χ2v) is 9.06. The number of hydrogen-bond acceptors (Lipinski definition) is 7. The number of rotatable bonds is 12. The first-order valence-electron chi connectivity index (χ1n) is 12.0. The monoisotopic (exact) mass is 560 g/mol. The minimum atomic E-state index is -4.89. The van der Waals surface area contributed by atoms with Crippen LogP contribution in [0.25, 0.3) is 0 Å². The maximum Gasteiger partial charge on any atom is 0.417 e. The Morgan fingerprint density at radius 1 is 1.21 bits per heavy atom. The van der Waals surface area contributed by atoms with Crippen LogP contribution in [0.1, 0.15) is 41.7 Å². The molecule has 2 heterocycles. The van der Waals surface area contributed by atoms with Crippen LogP contribution in [0.4, 0.5) is 27.6 Å². The van der Waals surface area contributed by atoms with Gasteiger partial charge in [-0.25, -0.2) is 4.39 Å². The number of hydrogen-bond donors (Lipinski definition) is 3. The SMILES string of the molecule is CNCCCOCCOc1c([C@@H]2C[C@](C)(C(F)(F)F)O[C@H]2C(=O)Nc2ccnc(C(N)=O)c2)ccc(F)c1F. The molecule has 0 unspecified atom stereocenters. The minimum Gasteiger partial charge on any atom is -0.488 e. The van der Waals surface area contributed by atoms with E-state index in [2.05, 4.69) is 15.6 Å². The Morgan fingerprint density at radius 2 is 1.95 bits per heavy atom. The molecule has 0 saturated carbocycles. The second-order valence-electron chi connectivity index (χ2n) is 9.06. The number of amides is 2. The first-order chi connectivity index (χ1) is 18.4.